The van der Waals surface area contributed by atoms with Gasteiger partial charge in [-0.15, -0.1) is 11.3 Å². The highest BCUT2D eigenvalue weighted by Crippen LogP contribution is 2.22. The van der Waals surface area contributed by atoms with Crippen molar-refractivity contribution in [2.75, 3.05) is 26.0 Å². The first-order valence-electron chi connectivity index (χ1n) is 8.41. The summed E-state index contributed by atoms with van der Waals surface area (Å²) < 4.78 is 5.60. The molecule has 6 heteroatoms. The number of hydrogen-bond acceptors (Lipinski definition) is 4. The van der Waals surface area contributed by atoms with Crippen LogP contribution in [0.4, 0.5) is 10.5 Å². The number of carbonyl (C=O) groups excluding carboxylic acids is 1. The number of benzene rings is 1. The zero-order chi connectivity index (χ0) is 18.2. The molecule has 1 atom stereocenters. The van der Waals surface area contributed by atoms with Crippen molar-refractivity contribution in [2.45, 2.75) is 32.6 Å². The fraction of sp³-hybridized carbons (Fsp3) is 0.421. The molecule has 5 nitrogen and oxygen atoms in total. The minimum Gasteiger partial charge on any atom is -0.374 e. The summed E-state index contributed by atoms with van der Waals surface area (Å²) in [5.74, 6) is 0. The Bertz CT molecular complexity index is 656. The maximum absolute atomic E-state index is 12.2. The van der Waals surface area contributed by atoms with E-state index in [1.807, 2.05) is 58.3 Å². The molecule has 0 aliphatic rings. The Morgan fingerprint density at radius 3 is 2.68 bits per heavy atom. The van der Waals surface area contributed by atoms with E-state index in [2.05, 4.69) is 27.0 Å². The number of likely N-dealkylation sites (N-methyl/N-ethyl adjacent to an activating group) is 1. The van der Waals surface area contributed by atoms with Crippen LogP contribution in [0.25, 0.3) is 0 Å². The molecule has 0 spiro atoms. The number of carbonyl (C=O) groups is 1. The summed E-state index contributed by atoms with van der Waals surface area (Å²) in [6.45, 7) is 5.10. The molecule has 1 unspecified atom stereocenters. The molecule has 0 fully saturated rings. The van der Waals surface area contributed by atoms with Crippen molar-refractivity contribution in [1.29, 1.82) is 0 Å². The second-order valence-electron chi connectivity index (χ2n) is 6.39. The maximum Gasteiger partial charge on any atom is 0.319 e. The lowest BCUT2D eigenvalue weighted by molar-refractivity contribution is 0.0657. The highest BCUT2D eigenvalue weighted by atomic mass is 32.1. The van der Waals surface area contributed by atoms with E-state index in [4.69, 9.17) is 4.74 Å². The zero-order valence-electron chi connectivity index (χ0n) is 15.3. The van der Waals surface area contributed by atoms with Crippen LogP contribution in [0.15, 0.2) is 41.8 Å². The van der Waals surface area contributed by atoms with Gasteiger partial charge >= 0.3 is 6.03 Å². The van der Waals surface area contributed by atoms with E-state index in [-0.39, 0.29) is 18.2 Å². The predicted molar refractivity (Wildman–Crippen MR) is 104 cm³/mol. The molecule has 25 heavy (non-hydrogen) atoms. The van der Waals surface area contributed by atoms with Gasteiger partial charge in [-0.1, -0.05) is 18.2 Å². The van der Waals surface area contributed by atoms with Crippen molar-refractivity contribution in [2.24, 2.45) is 0 Å². The quantitative estimate of drug-likeness (QED) is 0.744. The summed E-state index contributed by atoms with van der Waals surface area (Å²) in [6.07, 6.45) is 0.181. The predicted octanol–water partition coefficient (Wildman–Crippen LogP) is 4.10. The van der Waals surface area contributed by atoms with Crippen LogP contribution in [0.5, 0.6) is 0 Å². The lowest BCUT2D eigenvalue weighted by Crippen LogP contribution is -2.36. The van der Waals surface area contributed by atoms with Crippen LogP contribution < -0.4 is 10.6 Å². The summed E-state index contributed by atoms with van der Waals surface area (Å²) in [5, 5.41) is 7.90. The minimum atomic E-state index is -0.203. The maximum atomic E-state index is 12.2. The van der Waals surface area contributed by atoms with Crippen molar-refractivity contribution in [1.82, 2.24) is 10.2 Å². The van der Waals surface area contributed by atoms with Gasteiger partial charge in [0, 0.05) is 17.1 Å². The molecule has 0 bridgehead atoms. The molecule has 2 aromatic rings. The smallest absolute Gasteiger partial charge is 0.319 e. The molecule has 1 heterocycles. The highest BCUT2D eigenvalue weighted by molar-refractivity contribution is 7.10. The van der Waals surface area contributed by atoms with Crippen molar-refractivity contribution in [3.8, 4) is 0 Å². The third-order valence-corrected chi connectivity index (χ3v) is 4.69. The number of rotatable bonds is 8. The largest absolute Gasteiger partial charge is 0.374 e. The molecule has 0 saturated heterocycles. The number of ether oxygens (including phenoxy) is 1. The molecule has 2 rings (SSSR count). The van der Waals surface area contributed by atoms with Crippen LogP contribution in [0.1, 0.15) is 30.3 Å². The van der Waals surface area contributed by atoms with Gasteiger partial charge in [-0.2, -0.15) is 0 Å². The normalized spacial score (nSPS) is 12.4. The molecule has 2 amide bonds. The Balaban J connectivity index is 1.88. The molecule has 0 aliphatic carbocycles. The number of nitrogens with one attached hydrogen (secondary N) is 2. The van der Waals surface area contributed by atoms with E-state index in [0.29, 0.717) is 13.2 Å². The van der Waals surface area contributed by atoms with Crippen molar-refractivity contribution in [3.05, 3.63) is 52.2 Å². The van der Waals surface area contributed by atoms with Gasteiger partial charge in [-0.3, -0.25) is 0 Å². The summed E-state index contributed by atoms with van der Waals surface area (Å²) in [5.41, 5.74) is 1.80. The van der Waals surface area contributed by atoms with E-state index in [1.165, 1.54) is 4.88 Å². The molecule has 136 valence electrons. The SMILES string of the molecule is CC(C)OCc1cccc(NC(=O)NCC(c2cccs2)N(C)C)c1. The van der Waals surface area contributed by atoms with Gasteiger partial charge in [-0.25, -0.2) is 4.79 Å². The fourth-order valence-corrected chi connectivity index (χ4v) is 3.31. The van der Waals surface area contributed by atoms with Crippen LogP contribution >= 0.6 is 11.3 Å². The topological polar surface area (TPSA) is 53.6 Å². The van der Waals surface area contributed by atoms with Crippen LogP contribution in [0.3, 0.4) is 0 Å². The van der Waals surface area contributed by atoms with E-state index >= 15 is 0 Å². The standard InChI is InChI=1S/C19H27N3O2S/c1-14(2)24-13-15-7-5-8-16(11-15)21-19(23)20-12-17(22(3)4)18-9-6-10-25-18/h5-11,14,17H,12-13H2,1-4H3,(H2,20,21,23). The first-order valence-corrected chi connectivity index (χ1v) is 9.29. The van der Waals surface area contributed by atoms with Crippen molar-refractivity contribution >= 4 is 23.1 Å². The van der Waals surface area contributed by atoms with Crippen molar-refractivity contribution < 1.29 is 9.53 Å². The Morgan fingerprint density at radius 2 is 2.04 bits per heavy atom. The second kappa shape index (κ2) is 9.56. The number of nitrogens with zero attached hydrogens (tertiary/aromatic N) is 1. The number of amides is 2. The summed E-state index contributed by atoms with van der Waals surface area (Å²) in [4.78, 5) is 15.6. The summed E-state index contributed by atoms with van der Waals surface area (Å²) >= 11 is 1.70. The number of urea groups is 1. The molecule has 1 aromatic heterocycles. The lowest BCUT2D eigenvalue weighted by Gasteiger charge is -2.23. The summed E-state index contributed by atoms with van der Waals surface area (Å²) in [6, 6.07) is 11.8. The molecule has 0 radical (unpaired) electrons. The molecular weight excluding hydrogens is 334 g/mol. The van der Waals surface area contributed by atoms with E-state index < -0.39 is 0 Å². The van der Waals surface area contributed by atoms with Crippen LogP contribution in [0.2, 0.25) is 0 Å². The lowest BCUT2D eigenvalue weighted by atomic mass is 10.2. The van der Waals surface area contributed by atoms with E-state index in [9.17, 15) is 4.79 Å². The molecule has 0 saturated carbocycles. The van der Waals surface area contributed by atoms with Gasteiger partial charge in [0.25, 0.3) is 0 Å². The van der Waals surface area contributed by atoms with Gasteiger partial charge in [0.1, 0.15) is 0 Å². The zero-order valence-corrected chi connectivity index (χ0v) is 16.1. The summed E-state index contributed by atoms with van der Waals surface area (Å²) in [7, 11) is 4.03. The first-order chi connectivity index (χ1) is 12.0. The number of hydrogen-bond donors (Lipinski definition) is 2. The van der Waals surface area contributed by atoms with Gasteiger partial charge in [0.2, 0.25) is 0 Å². The Morgan fingerprint density at radius 1 is 1.24 bits per heavy atom. The number of anilines is 1. The molecular formula is C19H27N3O2S. The van der Waals surface area contributed by atoms with E-state index in [0.717, 1.165) is 11.3 Å². The van der Waals surface area contributed by atoms with Crippen LogP contribution in [-0.2, 0) is 11.3 Å². The second-order valence-corrected chi connectivity index (χ2v) is 7.37. The first kappa shape index (κ1) is 19.4. The average molecular weight is 362 g/mol. The third-order valence-electron chi connectivity index (χ3n) is 3.72. The number of thiophene rings is 1. The van der Waals surface area contributed by atoms with Gasteiger partial charge in [0.15, 0.2) is 0 Å². The molecule has 2 N–H and O–H groups in total. The van der Waals surface area contributed by atoms with Gasteiger partial charge in [-0.05, 0) is 57.1 Å². The monoisotopic (exact) mass is 361 g/mol. The van der Waals surface area contributed by atoms with Crippen LogP contribution in [-0.4, -0.2) is 37.7 Å². The van der Waals surface area contributed by atoms with Crippen molar-refractivity contribution in [3.63, 3.8) is 0 Å². The van der Waals surface area contributed by atoms with E-state index in [1.54, 1.807) is 11.3 Å². The molecule has 1 aromatic carbocycles. The van der Waals surface area contributed by atoms with Gasteiger partial charge < -0.3 is 20.3 Å². The Labute approximate surface area is 154 Å². The Hall–Kier alpha value is -1.89. The average Bonchev–Trinajstić information content (AvgIpc) is 3.07. The fourth-order valence-electron chi connectivity index (χ4n) is 2.38. The highest BCUT2D eigenvalue weighted by Gasteiger charge is 2.16. The molecule has 0 aliphatic heterocycles. The van der Waals surface area contributed by atoms with Gasteiger partial charge in [0.05, 0.1) is 18.8 Å². The third kappa shape index (κ3) is 6.49. The Kier molecular flexibility index (Phi) is 7.43. The minimum absolute atomic E-state index is 0.163. The van der Waals surface area contributed by atoms with Crippen LogP contribution in [0, 0.1) is 0 Å².